The Morgan fingerprint density at radius 3 is 2.38 bits per heavy atom. The minimum Gasteiger partial charge on any atom is -0.481 e. The highest BCUT2D eigenvalue weighted by Crippen LogP contribution is 2.40. The number of carbonyl (C=O) groups is 2. The summed E-state index contributed by atoms with van der Waals surface area (Å²) in [4.78, 5) is 28.6. The van der Waals surface area contributed by atoms with Crippen molar-refractivity contribution in [2.24, 2.45) is 17.8 Å². The predicted molar refractivity (Wildman–Crippen MR) is 129 cm³/mol. The molecule has 2 aliphatic rings. The van der Waals surface area contributed by atoms with E-state index in [2.05, 4.69) is 15.4 Å². The number of hydrogen-bond donors (Lipinski definition) is 3. The van der Waals surface area contributed by atoms with Gasteiger partial charge in [0.05, 0.1) is 23.7 Å². The van der Waals surface area contributed by atoms with E-state index in [1.165, 1.54) is 11.6 Å². The van der Waals surface area contributed by atoms with Gasteiger partial charge in [0.25, 0.3) is 0 Å². The monoisotopic (exact) mass is 457 g/mol. The Labute approximate surface area is 197 Å². The summed E-state index contributed by atoms with van der Waals surface area (Å²) in [5.41, 5.74) is 3.60. The lowest BCUT2D eigenvalue weighted by Crippen LogP contribution is -2.51. The van der Waals surface area contributed by atoms with Gasteiger partial charge in [-0.15, -0.1) is 0 Å². The van der Waals surface area contributed by atoms with Crippen LogP contribution in [0.2, 0.25) is 0 Å². The first-order chi connectivity index (χ1) is 16.4. The lowest BCUT2D eigenvalue weighted by molar-refractivity contribution is -0.143. The summed E-state index contributed by atoms with van der Waals surface area (Å²) in [6.45, 7) is 1.51. The molecule has 8 heteroatoms. The van der Waals surface area contributed by atoms with Crippen LogP contribution in [0.4, 0.5) is 5.82 Å². The van der Waals surface area contributed by atoms with E-state index in [9.17, 15) is 14.7 Å². The molecule has 1 fully saturated rings. The zero-order valence-corrected chi connectivity index (χ0v) is 18.9. The van der Waals surface area contributed by atoms with Crippen LogP contribution in [0.15, 0.2) is 54.9 Å². The van der Waals surface area contributed by atoms with Crippen LogP contribution in [0.3, 0.4) is 0 Å². The molecule has 2 aromatic heterocycles. The molecule has 0 bridgehead atoms. The van der Waals surface area contributed by atoms with Gasteiger partial charge in [0.2, 0.25) is 0 Å². The maximum atomic E-state index is 12.6. The fourth-order valence-electron chi connectivity index (χ4n) is 5.32. The Morgan fingerprint density at radius 2 is 1.76 bits per heavy atom. The van der Waals surface area contributed by atoms with Gasteiger partial charge in [-0.2, -0.15) is 5.10 Å². The number of aromatic nitrogens is 3. The Hall–Kier alpha value is -3.81. The first-order valence-electron chi connectivity index (χ1n) is 11.6. The third-order valence-electron chi connectivity index (χ3n) is 7.17. The summed E-state index contributed by atoms with van der Waals surface area (Å²) in [7, 11) is 0. The number of benzene rings is 1. The Bertz CT molecular complexity index is 1230. The first kappa shape index (κ1) is 22.0. The Balaban J connectivity index is 1.45. The second-order valence-corrected chi connectivity index (χ2v) is 9.21. The molecular formula is C26H27N5O3. The molecule has 0 spiro atoms. The smallest absolute Gasteiger partial charge is 0.306 e. The van der Waals surface area contributed by atoms with Crippen molar-refractivity contribution in [2.75, 3.05) is 5.32 Å². The lowest BCUT2D eigenvalue weighted by atomic mass is 9.73. The molecule has 34 heavy (non-hydrogen) atoms. The Morgan fingerprint density at radius 1 is 1.03 bits per heavy atom. The second-order valence-electron chi connectivity index (χ2n) is 9.21. The highest BCUT2D eigenvalue weighted by Gasteiger charge is 2.43. The standard InChI is InChI=1S/C26H27N5O3/c1-15(32)22-23(17-7-9-18(10-8-17)26(33)34)30-25-20(14-29-31(25)24(22)27)19-11-12-21(28-13-19)16-5-3-2-4-6-16/h2-6,11-14,17-18,22-23,27,30H,7-10H2,1H3,(H,33,34). The molecule has 1 aliphatic heterocycles. The number of carboxylic acid groups (broad SMARTS) is 1. The molecule has 2 atom stereocenters. The highest BCUT2D eigenvalue weighted by atomic mass is 16.4. The topological polar surface area (TPSA) is 121 Å². The highest BCUT2D eigenvalue weighted by molar-refractivity contribution is 6.06. The van der Waals surface area contributed by atoms with Gasteiger partial charge in [-0.05, 0) is 44.6 Å². The average molecular weight is 458 g/mol. The SMILES string of the molecule is CC(=O)C1C(=N)n2ncc(-c3ccc(-c4ccccc4)nc3)c2NC1C1CCC(C(=O)O)CC1. The van der Waals surface area contributed by atoms with Crippen LogP contribution in [-0.4, -0.2) is 43.5 Å². The van der Waals surface area contributed by atoms with Crippen molar-refractivity contribution in [3.05, 3.63) is 54.9 Å². The largest absolute Gasteiger partial charge is 0.481 e. The summed E-state index contributed by atoms with van der Waals surface area (Å²) >= 11 is 0. The molecule has 1 aliphatic carbocycles. The number of carbonyl (C=O) groups excluding carboxylic acids is 1. The van der Waals surface area contributed by atoms with Crippen molar-refractivity contribution in [2.45, 2.75) is 38.6 Å². The molecule has 5 rings (SSSR count). The van der Waals surface area contributed by atoms with E-state index in [4.69, 9.17) is 5.41 Å². The zero-order chi connectivity index (χ0) is 23.8. The van der Waals surface area contributed by atoms with Crippen molar-refractivity contribution in [3.8, 4) is 22.4 Å². The van der Waals surface area contributed by atoms with Crippen LogP contribution in [-0.2, 0) is 9.59 Å². The van der Waals surface area contributed by atoms with E-state index in [1.807, 2.05) is 42.5 Å². The van der Waals surface area contributed by atoms with E-state index >= 15 is 0 Å². The van der Waals surface area contributed by atoms with Crippen LogP contribution < -0.4 is 5.32 Å². The molecule has 3 heterocycles. The molecule has 0 amide bonds. The lowest BCUT2D eigenvalue weighted by Gasteiger charge is -2.40. The number of rotatable bonds is 5. The van der Waals surface area contributed by atoms with Crippen molar-refractivity contribution < 1.29 is 14.7 Å². The molecule has 0 saturated heterocycles. The zero-order valence-electron chi connectivity index (χ0n) is 18.9. The number of aliphatic carboxylic acids is 1. The summed E-state index contributed by atoms with van der Waals surface area (Å²) in [6.07, 6.45) is 6.11. The van der Waals surface area contributed by atoms with Crippen LogP contribution in [0.1, 0.15) is 32.6 Å². The number of ketones is 1. The van der Waals surface area contributed by atoms with E-state index in [0.717, 1.165) is 22.4 Å². The number of fused-ring (bicyclic) bond motifs is 1. The van der Waals surface area contributed by atoms with Gasteiger partial charge in [-0.25, -0.2) is 4.68 Å². The number of anilines is 1. The summed E-state index contributed by atoms with van der Waals surface area (Å²) in [5, 5.41) is 26.1. The fraction of sp³-hybridized carbons (Fsp3) is 0.346. The van der Waals surface area contributed by atoms with Gasteiger partial charge < -0.3 is 10.4 Å². The van der Waals surface area contributed by atoms with Crippen LogP contribution in [0.25, 0.3) is 22.4 Å². The molecule has 174 valence electrons. The Kier molecular flexibility index (Phi) is 5.73. The molecule has 1 saturated carbocycles. The van der Waals surface area contributed by atoms with Gasteiger partial charge in [0.15, 0.2) is 0 Å². The summed E-state index contributed by atoms with van der Waals surface area (Å²) in [5.74, 6) is -0.832. The predicted octanol–water partition coefficient (Wildman–Crippen LogP) is 4.33. The molecule has 3 aromatic rings. The van der Waals surface area contributed by atoms with Gasteiger partial charge in [0.1, 0.15) is 17.4 Å². The minimum atomic E-state index is -0.752. The maximum absolute atomic E-state index is 12.6. The number of nitrogens with one attached hydrogen (secondary N) is 2. The van der Waals surface area contributed by atoms with E-state index in [0.29, 0.717) is 31.5 Å². The van der Waals surface area contributed by atoms with Crippen LogP contribution in [0.5, 0.6) is 0 Å². The number of nitrogens with zero attached hydrogens (tertiary/aromatic N) is 3. The van der Waals surface area contributed by atoms with Crippen molar-refractivity contribution in [3.63, 3.8) is 0 Å². The normalized spacial score (nSPS) is 24.2. The second kappa shape index (κ2) is 8.85. The number of pyridine rings is 1. The van der Waals surface area contributed by atoms with E-state index in [1.54, 1.807) is 12.4 Å². The third kappa shape index (κ3) is 3.89. The molecule has 8 nitrogen and oxygen atoms in total. The van der Waals surface area contributed by atoms with Gasteiger partial charge >= 0.3 is 5.97 Å². The number of carboxylic acids is 1. The van der Waals surface area contributed by atoms with Crippen LogP contribution in [0, 0.1) is 23.2 Å². The van der Waals surface area contributed by atoms with Crippen LogP contribution >= 0.6 is 0 Å². The quantitative estimate of drug-likeness (QED) is 0.524. The fourth-order valence-corrected chi connectivity index (χ4v) is 5.32. The number of hydrogen-bond acceptors (Lipinski definition) is 6. The summed E-state index contributed by atoms with van der Waals surface area (Å²) in [6, 6.07) is 13.6. The van der Waals surface area contributed by atoms with Crippen molar-refractivity contribution >= 4 is 23.4 Å². The summed E-state index contributed by atoms with van der Waals surface area (Å²) < 4.78 is 1.51. The minimum absolute atomic E-state index is 0.0839. The van der Waals surface area contributed by atoms with Crippen molar-refractivity contribution in [1.29, 1.82) is 5.41 Å². The van der Waals surface area contributed by atoms with E-state index in [-0.39, 0.29) is 29.5 Å². The van der Waals surface area contributed by atoms with Gasteiger partial charge in [0, 0.05) is 28.9 Å². The molecule has 1 aromatic carbocycles. The molecule has 3 N–H and O–H groups in total. The molecule has 2 unspecified atom stereocenters. The molecule has 0 radical (unpaired) electrons. The van der Waals surface area contributed by atoms with Gasteiger partial charge in [-0.1, -0.05) is 36.4 Å². The third-order valence-corrected chi connectivity index (χ3v) is 7.17. The maximum Gasteiger partial charge on any atom is 0.306 e. The van der Waals surface area contributed by atoms with Crippen molar-refractivity contribution in [1.82, 2.24) is 14.8 Å². The molecular weight excluding hydrogens is 430 g/mol. The number of Topliss-reactive ketones (excluding diaryl/α,β-unsaturated/α-hetero) is 1. The van der Waals surface area contributed by atoms with E-state index < -0.39 is 11.9 Å². The first-order valence-corrected chi connectivity index (χ1v) is 11.6. The average Bonchev–Trinajstić information content (AvgIpc) is 3.29. The van der Waals surface area contributed by atoms with Gasteiger partial charge in [-0.3, -0.25) is 20.0 Å².